The molecule has 0 saturated carbocycles. The van der Waals surface area contributed by atoms with Crippen LogP contribution in [0.25, 0.3) is 0 Å². The molecule has 2 atom stereocenters. The molecule has 0 bridgehead atoms. The van der Waals surface area contributed by atoms with Gasteiger partial charge in [-0.25, -0.2) is 0 Å². The summed E-state index contributed by atoms with van der Waals surface area (Å²) in [6, 6.07) is 9.37. The number of ether oxygens (including phenoxy) is 1. The lowest BCUT2D eigenvalue weighted by Crippen LogP contribution is -2.30. The SMILES string of the molecule is CCSCC(C)NC(C)c1ccc(OCC(C)C)cc1. The van der Waals surface area contributed by atoms with Crippen molar-refractivity contribution >= 4 is 11.8 Å². The molecule has 0 aliphatic carbocycles. The zero-order chi connectivity index (χ0) is 15.0. The molecule has 0 radical (unpaired) electrons. The summed E-state index contributed by atoms with van der Waals surface area (Å²) in [6.45, 7) is 11.8. The van der Waals surface area contributed by atoms with Gasteiger partial charge in [0.15, 0.2) is 0 Å². The van der Waals surface area contributed by atoms with Gasteiger partial charge in [0.25, 0.3) is 0 Å². The highest BCUT2D eigenvalue weighted by Gasteiger charge is 2.09. The van der Waals surface area contributed by atoms with Crippen LogP contribution in [0.2, 0.25) is 0 Å². The zero-order valence-electron chi connectivity index (χ0n) is 13.5. The van der Waals surface area contributed by atoms with Crippen molar-refractivity contribution in [1.82, 2.24) is 5.32 Å². The summed E-state index contributed by atoms with van der Waals surface area (Å²) in [5, 5.41) is 3.64. The van der Waals surface area contributed by atoms with Gasteiger partial charge in [-0.05, 0) is 43.2 Å². The van der Waals surface area contributed by atoms with Crippen molar-refractivity contribution in [2.75, 3.05) is 18.1 Å². The molecule has 1 rings (SSSR count). The van der Waals surface area contributed by atoms with Crippen molar-refractivity contribution in [2.45, 2.75) is 46.7 Å². The van der Waals surface area contributed by atoms with Crippen LogP contribution in [0, 0.1) is 5.92 Å². The molecular formula is C17H29NOS. The second-order valence-corrected chi connectivity index (χ2v) is 7.04. The van der Waals surface area contributed by atoms with Crippen LogP contribution in [-0.2, 0) is 0 Å². The Kier molecular flexibility index (Phi) is 8.08. The Morgan fingerprint density at radius 2 is 1.75 bits per heavy atom. The fraction of sp³-hybridized carbons (Fsp3) is 0.647. The predicted molar refractivity (Wildman–Crippen MR) is 90.8 cm³/mol. The van der Waals surface area contributed by atoms with Gasteiger partial charge in [-0.1, -0.05) is 32.9 Å². The highest BCUT2D eigenvalue weighted by Crippen LogP contribution is 2.19. The quantitative estimate of drug-likeness (QED) is 0.724. The molecule has 0 amide bonds. The van der Waals surface area contributed by atoms with E-state index in [0.29, 0.717) is 18.0 Å². The van der Waals surface area contributed by atoms with Gasteiger partial charge in [0.1, 0.15) is 5.75 Å². The van der Waals surface area contributed by atoms with Crippen molar-refractivity contribution in [1.29, 1.82) is 0 Å². The van der Waals surface area contributed by atoms with Crippen molar-refractivity contribution in [3.63, 3.8) is 0 Å². The molecule has 1 N–H and O–H groups in total. The average Bonchev–Trinajstić information content (AvgIpc) is 2.43. The number of nitrogens with one attached hydrogen (secondary N) is 1. The topological polar surface area (TPSA) is 21.3 Å². The Bertz CT molecular complexity index is 364. The van der Waals surface area contributed by atoms with Crippen LogP contribution in [0.1, 0.15) is 46.2 Å². The minimum absolute atomic E-state index is 0.376. The maximum absolute atomic E-state index is 5.71. The fourth-order valence-corrected chi connectivity index (χ4v) is 2.67. The molecule has 0 fully saturated rings. The second-order valence-electron chi connectivity index (χ2n) is 5.72. The largest absolute Gasteiger partial charge is 0.493 e. The highest BCUT2D eigenvalue weighted by atomic mass is 32.2. The minimum atomic E-state index is 0.376. The summed E-state index contributed by atoms with van der Waals surface area (Å²) in [4.78, 5) is 0. The molecule has 0 aliphatic rings. The van der Waals surface area contributed by atoms with Crippen LogP contribution in [0.3, 0.4) is 0 Å². The maximum Gasteiger partial charge on any atom is 0.119 e. The van der Waals surface area contributed by atoms with E-state index < -0.39 is 0 Å². The van der Waals surface area contributed by atoms with Crippen LogP contribution in [-0.4, -0.2) is 24.2 Å². The first kappa shape index (κ1) is 17.4. The Labute approximate surface area is 128 Å². The van der Waals surface area contributed by atoms with Gasteiger partial charge in [0.2, 0.25) is 0 Å². The minimum Gasteiger partial charge on any atom is -0.493 e. The average molecular weight is 295 g/mol. The Hall–Kier alpha value is -0.670. The van der Waals surface area contributed by atoms with Crippen molar-refractivity contribution in [3.8, 4) is 5.75 Å². The summed E-state index contributed by atoms with van der Waals surface area (Å²) in [7, 11) is 0. The predicted octanol–water partition coefficient (Wildman–Crippen LogP) is 4.51. The van der Waals surface area contributed by atoms with Crippen LogP contribution >= 0.6 is 11.8 Å². The van der Waals surface area contributed by atoms with Crippen LogP contribution in [0.4, 0.5) is 0 Å². The van der Waals surface area contributed by atoms with Gasteiger partial charge >= 0.3 is 0 Å². The Morgan fingerprint density at radius 3 is 2.30 bits per heavy atom. The Balaban J connectivity index is 2.46. The third kappa shape index (κ3) is 6.67. The standard InChI is InChI=1S/C17H29NOS/c1-6-20-12-14(4)18-15(5)16-7-9-17(10-8-16)19-11-13(2)3/h7-10,13-15,18H,6,11-12H2,1-5H3. The van der Waals surface area contributed by atoms with Gasteiger partial charge < -0.3 is 10.1 Å². The zero-order valence-corrected chi connectivity index (χ0v) is 14.3. The van der Waals surface area contributed by atoms with E-state index in [2.05, 4.69) is 64.2 Å². The van der Waals surface area contributed by atoms with E-state index in [1.807, 2.05) is 11.8 Å². The molecule has 1 aromatic rings. The van der Waals surface area contributed by atoms with E-state index >= 15 is 0 Å². The number of rotatable bonds is 9. The number of hydrogen-bond acceptors (Lipinski definition) is 3. The number of hydrogen-bond donors (Lipinski definition) is 1. The molecule has 114 valence electrons. The third-order valence-corrected chi connectivity index (χ3v) is 4.21. The number of thioether (sulfide) groups is 1. The van der Waals surface area contributed by atoms with E-state index in [-0.39, 0.29) is 0 Å². The van der Waals surface area contributed by atoms with Crippen LogP contribution in [0.15, 0.2) is 24.3 Å². The first-order chi connectivity index (χ1) is 9.52. The normalized spacial score (nSPS) is 14.3. The third-order valence-electron chi connectivity index (χ3n) is 3.07. The number of benzene rings is 1. The summed E-state index contributed by atoms with van der Waals surface area (Å²) < 4.78 is 5.71. The lowest BCUT2D eigenvalue weighted by molar-refractivity contribution is 0.271. The Morgan fingerprint density at radius 1 is 1.10 bits per heavy atom. The fourth-order valence-electron chi connectivity index (χ4n) is 1.98. The van der Waals surface area contributed by atoms with Crippen LogP contribution in [0.5, 0.6) is 5.75 Å². The lowest BCUT2D eigenvalue weighted by atomic mass is 10.1. The molecule has 0 heterocycles. The molecule has 20 heavy (non-hydrogen) atoms. The highest BCUT2D eigenvalue weighted by molar-refractivity contribution is 7.99. The van der Waals surface area contributed by atoms with Crippen molar-refractivity contribution in [3.05, 3.63) is 29.8 Å². The lowest BCUT2D eigenvalue weighted by Gasteiger charge is -2.20. The molecule has 0 saturated heterocycles. The van der Waals surface area contributed by atoms with Gasteiger partial charge in [-0.15, -0.1) is 0 Å². The van der Waals surface area contributed by atoms with E-state index in [4.69, 9.17) is 4.74 Å². The molecule has 1 aromatic carbocycles. The van der Waals surface area contributed by atoms with Crippen molar-refractivity contribution in [2.24, 2.45) is 5.92 Å². The molecule has 0 aliphatic heterocycles. The molecule has 2 unspecified atom stereocenters. The van der Waals surface area contributed by atoms with Gasteiger partial charge in [-0.3, -0.25) is 0 Å². The second kappa shape index (κ2) is 9.30. The first-order valence-corrected chi connectivity index (χ1v) is 8.75. The van der Waals surface area contributed by atoms with E-state index in [1.54, 1.807) is 0 Å². The maximum atomic E-state index is 5.71. The van der Waals surface area contributed by atoms with Crippen molar-refractivity contribution < 1.29 is 4.74 Å². The van der Waals surface area contributed by atoms with Crippen LogP contribution < -0.4 is 10.1 Å². The first-order valence-electron chi connectivity index (χ1n) is 7.59. The van der Waals surface area contributed by atoms with E-state index in [1.165, 1.54) is 11.3 Å². The molecule has 0 aromatic heterocycles. The molecule has 0 spiro atoms. The van der Waals surface area contributed by atoms with Gasteiger partial charge in [0.05, 0.1) is 6.61 Å². The molecule has 2 nitrogen and oxygen atoms in total. The smallest absolute Gasteiger partial charge is 0.119 e. The van der Waals surface area contributed by atoms with E-state index in [0.717, 1.165) is 18.1 Å². The summed E-state index contributed by atoms with van der Waals surface area (Å²) in [6.07, 6.45) is 0. The molecule has 3 heteroatoms. The monoisotopic (exact) mass is 295 g/mol. The summed E-state index contributed by atoms with van der Waals surface area (Å²) >= 11 is 1.98. The molecular weight excluding hydrogens is 266 g/mol. The van der Waals surface area contributed by atoms with E-state index in [9.17, 15) is 0 Å². The summed E-state index contributed by atoms with van der Waals surface area (Å²) in [5.41, 5.74) is 1.32. The van der Waals surface area contributed by atoms with Gasteiger partial charge in [-0.2, -0.15) is 11.8 Å². The summed E-state index contributed by atoms with van der Waals surface area (Å²) in [5.74, 6) is 3.87. The van der Waals surface area contributed by atoms with Gasteiger partial charge in [0, 0.05) is 17.8 Å².